The lowest BCUT2D eigenvalue weighted by molar-refractivity contribution is 0.670. The number of thiophene rings is 1. The van der Waals surface area contributed by atoms with Gasteiger partial charge in [-0.15, -0.1) is 11.3 Å². The third-order valence-electron chi connectivity index (χ3n) is 11.1. The normalized spacial score (nSPS) is 11.5. The van der Waals surface area contributed by atoms with Crippen molar-refractivity contribution in [1.82, 2.24) is 0 Å². The summed E-state index contributed by atoms with van der Waals surface area (Å²) in [6.07, 6.45) is 0. The zero-order valence-electron chi connectivity index (χ0n) is 31.0. The summed E-state index contributed by atoms with van der Waals surface area (Å²) in [5.41, 5.74) is 14.4. The van der Waals surface area contributed by atoms with Gasteiger partial charge in [-0.3, -0.25) is 0 Å². The molecule has 0 spiro atoms. The molecule has 0 radical (unpaired) electrons. The first-order valence-electron chi connectivity index (χ1n) is 19.3. The van der Waals surface area contributed by atoms with Gasteiger partial charge in [-0.2, -0.15) is 0 Å². The van der Waals surface area contributed by atoms with Gasteiger partial charge in [0.1, 0.15) is 11.2 Å². The number of benzene rings is 9. The maximum absolute atomic E-state index is 6.46. The van der Waals surface area contributed by atoms with Crippen molar-refractivity contribution in [2.75, 3.05) is 4.90 Å². The molecule has 2 heterocycles. The molecule has 0 N–H and O–H groups in total. The average molecular weight is 746 g/mol. The summed E-state index contributed by atoms with van der Waals surface area (Å²) < 4.78 is 9.04. The second kappa shape index (κ2) is 13.8. The number of rotatable bonds is 7. The van der Waals surface area contributed by atoms with Gasteiger partial charge >= 0.3 is 0 Å². The van der Waals surface area contributed by atoms with Crippen LogP contribution in [0.1, 0.15) is 0 Å². The first kappa shape index (κ1) is 33.2. The number of anilines is 3. The van der Waals surface area contributed by atoms with E-state index < -0.39 is 0 Å². The van der Waals surface area contributed by atoms with Gasteiger partial charge in [-0.05, 0) is 81.9 Å². The van der Waals surface area contributed by atoms with Crippen molar-refractivity contribution in [2.24, 2.45) is 0 Å². The maximum Gasteiger partial charge on any atom is 0.143 e. The molecule has 57 heavy (non-hydrogen) atoms. The highest BCUT2D eigenvalue weighted by atomic mass is 32.1. The molecule has 0 aliphatic rings. The Bertz CT molecular complexity index is 3250. The van der Waals surface area contributed by atoms with E-state index in [-0.39, 0.29) is 0 Å². The minimum atomic E-state index is 0.905. The Kier molecular flexibility index (Phi) is 8.04. The summed E-state index contributed by atoms with van der Waals surface area (Å²) in [5, 5.41) is 4.81. The van der Waals surface area contributed by atoms with Crippen LogP contribution in [0.4, 0.5) is 17.1 Å². The Morgan fingerprint density at radius 1 is 0.333 bits per heavy atom. The molecule has 2 aromatic heterocycles. The number of para-hydroxylation sites is 3. The molecule has 0 saturated heterocycles. The third kappa shape index (κ3) is 5.71. The lowest BCUT2D eigenvalue weighted by atomic mass is 9.88. The highest BCUT2D eigenvalue weighted by molar-refractivity contribution is 7.25. The Balaban J connectivity index is 1.10. The molecule has 0 aliphatic heterocycles. The number of furan rings is 1. The molecule has 0 unspecified atom stereocenters. The highest BCUT2D eigenvalue weighted by Gasteiger charge is 2.21. The summed E-state index contributed by atoms with van der Waals surface area (Å²) in [6, 6.07) is 76.4. The Hall–Kier alpha value is -7.20. The van der Waals surface area contributed by atoms with Gasteiger partial charge in [0.15, 0.2) is 0 Å². The first-order chi connectivity index (χ1) is 28.3. The molecule has 0 fully saturated rings. The smallest absolute Gasteiger partial charge is 0.143 e. The van der Waals surface area contributed by atoms with E-state index in [4.69, 9.17) is 4.42 Å². The number of hydrogen-bond donors (Lipinski definition) is 0. The van der Waals surface area contributed by atoms with Gasteiger partial charge in [-0.1, -0.05) is 164 Å². The van der Waals surface area contributed by atoms with Crippen molar-refractivity contribution in [3.05, 3.63) is 212 Å². The van der Waals surface area contributed by atoms with E-state index in [1.54, 1.807) is 0 Å². The van der Waals surface area contributed by atoms with E-state index in [0.29, 0.717) is 0 Å². The van der Waals surface area contributed by atoms with E-state index >= 15 is 0 Å². The minimum absolute atomic E-state index is 0.905. The molecule has 0 amide bonds. The molecule has 2 nitrogen and oxygen atoms in total. The van der Waals surface area contributed by atoms with Crippen molar-refractivity contribution in [3.63, 3.8) is 0 Å². The van der Waals surface area contributed by atoms with Crippen LogP contribution in [0.5, 0.6) is 0 Å². The van der Waals surface area contributed by atoms with Crippen LogP contribution >= 0.6 is 11.3 Å². The monoisotopic (exact) mass is 745 g/mol. The van der Waals surface area contributed by atoms with Gasteiger partial charge in [0.2, 0.25) is 0 Å². The fraction of sp³-hybridized carbons (Fsp3) is 0. The number of hydrogen-bond acceptors (Lipinski definition) is 3. The van der Waals surface area contributed by atoms with Gasteiger partial charge in [-0.25, -0.2) is 0 Å². The molecular formula is C54H35NOS. The van der Waals surface area contributed by atoms with Crippen molar-refractivity contribution < 1.29 is 4.42 Å². The quantitative estimate of drug-likeness (QED) is 0.162. The third-order valence-corrected chi connectivity index (χ3v) is 12.3. The van der Waals surface area contributed by atoms with Crippen LogP contribution in [-0.2, 0) is 0 Å². The highest BCUT2D eigenvalue weighted by Crippen LogP contribution is 2.47. The number of nitrogens with zero attached hydrogens (tertiary/aromatic N) is 1. The van der Waals surface area contributed by atoms with E-state index in [9.17, 15) is 0 Å². The summed E-state index contributed by atoms with van der Waals surface area (Å²) >= 11 is 1.85. The topological polar surface area (TPSA) is 16.4 Å². The largest absolute Gasteiger partial charge is 0.455 e. The van der Waals surface area contributed by atoms with Gasteiger partial charge in [0, 0.05) is 53.4 Å². The van der Waals surface area contributed by atoms with E-state index in [1.807, 2.05) is 23.5 Å². The van der Waals surface area contributed by atoms with Crippen molar-refractivity contribution in [2.45, 2.75) is 0 Å². The second-order valence-electron chi connectivity index (χ2n) is 14.4. The molecule has 0 atom stereocenters. The van der Waals surface area contributed by atoms with Crippen molar-refractivity contribution >= 4 is 70.5 Å². The molecule has 11 rings (SSSR count). The van der Waals surface area contributed by atoms with E-state index in [1.165, 1.54) is 48.0 Å². The predicted molar refractivity (Wildman–Crippen MR) is 243 cm³/mol. The maximum atomic E-state index is 6.46. The van der Waals surface area contributed by atoms with Gasteiger partial charge in [0.05, 0.1) is 5.69 Å². The summed E-state index contributed by atoms with van der Waals surface area (Å²) in [7, 11) is 0. The second-order valence-corrected chi connectivity index (χ2v) is 15.5. The van der Waals surface area contributed by atoms with Crippen molar-refractivity contribution in [3.8, 4) is 44.5 Å². The SMILES string of the molecule is c1ccc(-c2ccccc2-c2ccccc2-c2ccccc2N(c2ccc(-c3cccc4c3oc3ccccc34)cc2)c2ccc3sc4ccccc4c3c2)cc1. The van der Waals surface area contributed by atoms with Crippen LogP contribution in [0.15, 0.2) is 217 Å². The zero-order valence-corrected chi connectivity index (χ0v) is 31.8. The van der Waals surface area contributed by atoms with Crippen LogP contribution in [0.25, 0.3) is 86.6 Å². The van der Waals surface area contributed by atoms with Crippen LogP contribution in [0.2, 0.25) is 0 Å². The lowest BCUT2D eigenvalue weighted by Gasteiger charge is -2.29. The van der Waals surface area contributed by atoms with Gasteiger partial charge in [0.25, 0.3) is 0 Å². The van der Waals surface area contributed by atoms with E-state index in [2.05, 4.69) is 205 Å². The van der Waals surface area contributed by atoms with Gasteiger partial charge < -0.3 is 9.32 Å². The van der Waals surface area contributed by atoms with Crippen LogP contribution in [-0.4, -0.2) is 0 Å². The molecule has 0 aliphatic carbocycles. The van der Waals surface area contributed by atoms with Crippen molar-refractivity contribution in [1.29, 1.82) is 0 Å². The first-order valence-corrected chi connectivity index (χ1v) is 20.2. The summed E-state index contributed by atoms with van der Waals surface area (Å²) in [4.78, 5) is 2.42. The summed E-state index contributed by atoms with van der Waals surface area (Å²) in [5.74, 6) is 0. The Labute approximate surface area is 335 Å². The molecular weight excluding hydrogens is 711 g/mol. The minimum Gasteiger partial charge on any atom is -0.455 e. The standard InChI is InChI=1S/C54H35NOS/c1-2-15-36(16-3-1)40-17-4-5-18-42(40)43-19-6-7-20-44(43)45-21-8-11-26-50(45)55(39-33-34-53-49(35-39)47-23-10-13-28-52(47)57-53)38-31-29-37(30-32-38)41-24-14-25-48-46-22-9-12-27-51(46)56-54(41)48/h1-35H. The number of fused-ring (bicyclic) bond motifs is 6. The molecule has 3 heteroatoms. The molecule has 9 aromatic carbocycles. The molecule has 268 valence electrons. The fourth-order valence-electron chi connectivity index (χ4n) is 8.48. The van der Waals surface area contributed by atoms with Crippen LogP contribution < -0.4 is 4.90 Å². The molecule has 0 bridgehead atoms. The lowest BCUT2D eigenvalue weighted by Crippen LogP contribution is -2.11. The van der Waals surface area contributed by atoms with Crippen LogP contribution in [0.3, 0.4) is 0 Å². The predicted octanol–water partition coefficient (Wildman–Crippen LogP) is 16.1. The Morgan fingerprint density at radius 3 is 1.68 bits per heavy atom. The molecule has 11 aromatic rings. The molecule has 0 saturated carbocycles. The zero-order chi connectivity index (χ0) is 37.7. The van der Waals surface area contributed by atoms with E-state index in [0.717, 1.165) is 55.7 Å². The summed E-state index contributed by atoms with van der Waals surface area (Å²) in [6.45, 7) is 0. The fourth-order valence-corrected chi connectivity index (χ4v) is 9.57. The Morgan fingerprint density at radius 2 is 0.877 bits per heavy atom. The van der Waals surface area contributed by atoms with Crippen LogP contribution in [0, 0.1) is 0 Å². The average Bonchev–Trinajstić information content (AvgIpc) is 3.86.